The Morgan fingerprint density at radius 1 is 1.35 bits per heavy atom. The number of carbonyl (C=O) groups excluding carboxylic acids is 1. The van der Waals surface area contributed by atoms with Crippen molar-refractivity contribution in [2.24, 2.45) is 11.1 Å². The molecule has 0 radical (unpaired) electrons. The summed E-state index contributed by atoms with van der Waals surface area (Å²) in [5.41, 5.74) is 7.03. The second-order valence-corrected chi connectivity index (χ2v) is 5.35. The van der Waals surface area contributed by atoms with Crippen LogP contribution in [-0.4, -0.2) is 22.2 Å². The van der Waals surface area contributed by atoms with Gasteiger partial charge < -0.3 is 11.1 Å². The van der Waals surface area contributed by atoms with Crippen LogP contribution < -0.4 is 11.1 Å². The average Bonchev–Trinajstić information content (AvgIpc) is 2.99. The number of amides is 1. The summed E-state index contributed by atoms with van der Waals surface area (Å²) >= 11 is 0. The summed E-state index contributed by atoms with van der Waals surface area (Å²) in [4.78, 5) is 12.1. The maximum Gasteiger partial charge on any atom is 0.227 e. The zero-order valence-corrected chi connectivity index (χ0v) is 11.8. The number of aromatic nitrogens is 2. The summed E-state index contributed by atoms with van der Waals surface area (Å²) in [6.07, 6.45) is 3.61. The lowest BCUT2D eigenvalue weighted by atomic mass is 9.92. The van der Waals surface area contributed by atoms with Crippen LogP contribution in [0.15, 0.2) is 42.7 Å². The van der Waals surface area contributed by atoms with E-state index in [0.717, 1.165) is 11.3 Å². The van der Waals surface area contributed by atoms with E-state index in [1.54, 1.807) is 10.9 Å². The Morgan fingerprint density at radius 3 is 2.75 bits per heavy atom. The number of nitrogens with one attached hydrogen (secondary N) is 1. The van der Waals surface area contributed by atoms with Crippen molar-refractivity contribution < 1.29 is 4.79 Å². The van der Waals surface area contributed by atoms with Crippen LogP contribution in [0.2, 0.25) is 0 Å². The summed E-state index contributed by atoms with van der Waals surface area (Å²) in [6, 6.07) is 9.72. The lowest BCUT2D eigenvalue weighted by Gasteiger charge is -2.21. The van der Waals surface area contributed by atoms with Gasteiger partial charge in [-0.2, -0.15) is 5.10 Å². The molecule has 106 valence electrons. The average molecular weight is 272 g/mol. The fourth-order valence-corrected chi connectivity index (χ4v) is 1.80. The molecule has 0 atom stereocenters. The Hall–Kier alpha value is -2.14. The molecule has 0 aliphatic heterocycles. The van der Waals surface area contributed by atoms with Crippen LogP contribution in [-0.2, 0) is 11.3 Å². The minimum absolute atomic E-state index is 0.0460. The SMILES string of the molecule is CC(C)(CN)C(=O)NCc1ccccc1-n1cccn1. The van der Waals surface area contributed by atoms with Gasteiger partial charge in [0.1, 0.15) is 0 Å². The van der Waals surface area contributed by atoms with Crippen LogP contribution in [0.1, 0.15) is 19.4 Å². The second-order valence-electron chi connectivity index (χ2n) is 5.35. The van der Waals surface area contributed by atoms with Gasteiger partial charge in [0.05, 0.1) is 11.1 Å². The first-order chi connectivity index (χ1) is 9.54. The van der Waals surface area contributed by atoms with E-state index in [0.29, 0.717) is 13.1 Å². The Labute approximate surface area is 118 Å². The van der Waals surface area contributed by atoms with Crippen LogP contribution in [0.5, 0.6) is 0 Å². The lowest BCUT2D eigenvalue weighted by Crippen LogP contribution is -2.41. The first-order valence-corrected chi connectivity index (χ1v) is 6.61. The van der Waals surface area contributed by atoms with E-state index in [-0.39, 0.29) is 5.91 Å². The molecule has 1 aromatic carbocycles. The van der Waals surface area contributed by atoms with Crippen molar-refractivity contribution in [1.29, 1.82) is 0 Å². The van der Waals surface area contributed by atoms with Gasteiger partial charge in [0.2, 0.25) is 5.91 Å². The normalized spacial score (nSPS) is 11.3. The number of carbonyl (C=O) groups is 1. The molecule has 2 rings (SSSR count). The number of hydrogen-bond acceptors (Lipinski definition) is 3. The van der Waals surface area contributed by atoms with Gasteiger partial charge in [0, 0.05) is 25.5 Å². The van der Waals surface area contributed by atoms with E-state index in [4.69, 9.17) is 5.73 Å². The molecule has 0 aliphatic carbocycles. The molecular formula is C15H20N4O. The van der Waals surface area contributed by atoms with Crippen molar-refractivity contribution in [3.05, 3.63) is 48.3 Å². The smallest absolute Gasteiger partial charge is 0.227 e. The first kappa shape index (κ1) is 14.3. The van der Waals surface area contributed by atoms with Crippen LogP contribution in [0.4, 0.5) is 0 Å². The summed E-state index contributed by atoms with van der Waals surface area (Å²) in [5, 5.41) is 7.16. The molecule has 20 heavy (non-hydrogen) atoms. The molecule has 5 heteroatoms. The van der Waals surface area contributed by atoms with Crippen LogP contribution in [0.25, 0.3) is 5.69 Å². The second kappa shape index (κ2) is 5.88. The third-order valence-electron chi connectivity index (χ3n) is 3.31. The van der Waals surface area contributed by atoms with E-state index in [1.807, 2.05) is 50.4 Å². The van der Waals surface area contributed by atoms with E-state index in [2.05, 4.69) is 10.4 Å². The monoisotopic (exact) mass is 272 g/mol. The van der Waals surface area contributed by atoms with Crippen molar-refractivity contribution in [2.75, 3.05) is 6.54 Å². The molecule has 0 fully saturated rings. The molecule has 0 saturated heterocycles. The van der Waals surface area contributed by atoms with Crippen LogP contribution in [0, 0.1) is 5.41 Å². The minimum atomic E-state index is -0.555. The van der Waals surface area contributed by atoms with Gasteiger partial charge in [0.15, 0.2) is 0 Å². The van der Waals surface area contributed by atoms with E-state index in [9.17, 15) is 4.79 Å². The predicted octanol–water partition coefficient (Wildman–Crippen LogP) is 1.47. The van der Waals surface area contributed by atoms with E-state index >= 15 is 0 Å². The van der Waals surface area contributed by atoms with E-state index in [1.165, 1.54) is 0 Å². The predicted molar refractivity (Wildman–Crippen MR) is 78.2 cm³/mol. The molecule has 0 unspecified atom stereocenters. The molecule has 5 nitrogen and oxygen atoms in total. The molecule has 1 amide bonds. The maximum absolute atomic E-state index is 12.1. The highest BCUT2D eigenvalue weighted by Gasteiger charge is 2.25. The van der Waals surface area contributed by atoms with Crippen LogP contribution in [0.3, 0.4) is 0 Å². The summed E-state index contributed by atoms with van der Waals surface area (Å²) in [5.74, 6) is -0.0460. The number of benzene rings is 1. The van der Waals surface area contributed by atoms with Crippen molar-refractivity contribution in [3.8, 4) is 5.69 Å². The molecule has 0 saturated carbocycles. The Morgan fingerprint density at radius 2 is 2.10 bits per heavy atom. The molecular weight excluding hydrogens is 252 g/mol. The van der Waals surface area contributed by atoms with Crippen molar-refractivity contribution in [3.63, 3.8) is 0 Å². The van der Waals surface area contributed by atoms with Crippen LogP contribution >= 0.6 is 0 Å². The highest BCUT2D eigenvalue weighted by atomic mass is 16.2. The number of nitrogens with two attached hydrogens (primary N) is 1. The fraction of sp³-hybridized carbons (Fsp3) is 0.333. The first-order valence-electron chi connectivity index (χ1n) is 6.61. The van der Waals surface area contributed by atoms with Gasteiger partial charge in [0.25, 0.3) is 0 Å². The highest BCUT2D eigenvalue weighted by Crippen LogP contribution is 2.15. The molecule has 2 aromatic rings. The molecule has 0 aliphatic rings. The lowest BCUT2D eigenvalue weighted by molar-refractivity contribution is -0.129. The number of para-hydroxylation sites is 1. The topological polar surface area (TPSA) is 72.9 Å². The van der Waals surface area contributed by atoms with Gasteiger partial charge in [-0.3, -0.25) is 4.79 Å². The number of rotatable bonds is 5. The summed E-state index contributed by atoms with van der Waals surface area (Å²) < 4.78 is 1.79. The van der Waals surface area contributed by atoms with Crippen molar-refractivity contribution >= 4 is 5.91 Å². The Bertz CT molecular complexity index is 575. The number of hydrogen-bond donors (Lipinski definition) is 2. The highest BCUT2D eigenvalue weighted by molar-refractivity contribution is 5.82. The van der Waals surface area contributed by atoms with Crippen molar-refractivity contribution in [1.82, 2.24) is 15.1 Å². The third kappa shape index (κ3) is 3.05. The Kier molecular flexibility index (Phi) is 4.20. The van der Waals surface area contributed by atoms with Gasteiger partial charge >= 0.3 is 0 Å². The molecule has 1 heterocycles. The largest absolute Gasteiger partial charge is 0.351 e. The third-order valence-corrected chi connectivity index (χ3v) is 3.31. The van der Waals surface area contributed by atoms with Gasteiger partial charge in [-0.25, -0.2) is 4.68 Å². The van der Waals surface area contributed by atoms with Crippen molar-refractivity contribution in [2.45, 2.75) is 20.4 Å². The summed E-state index contributed by atoms with van der Waals surface area (Å²) in [6.45, 7) is 4.45. The zero-order valence-electron chi connectivity index (χ0n) is 11.8. The summed E-state index contributed by atoms with van der Waals surface area (Å²) in [7, 11) is 0. The quantitative estimate of drug-likeness (QED) is 0.865. The van der Waals surface area contributed by atoms with Gasteiger partial charge in [-0.15, -0.1) is 0 Å². The molecule has 1 aromatic heterocycles. The molecule has 0 bridgehead atoms. The van der Waals surface area contributed by atoms with E-state index < -0.39 is 5.41 Å². The molecule has 3 N–H and O–H groups in total. The zero-order chi connectivity index (χ0) is 14.6. The Balaban J connectivity index is 2.13. The van der Waals surface area contributed by atoms with Gasteiger partial charge in [-0.05, 0) is 31.5 Å². The minimum Gasteiger partial charge on any atom is -0.351 e. The fourth-order valence-electron chi connectivity index (χ4n) is 1.80. The van der Waals surface area contributed by atoms with Gasteiger partial charge in [-0.1, -0.05) is 18.2 Å². The molecule has 0 spiro atoms. The standard InChI is InChI=1S/C15H20N4O/c1-15(2,11-16)14(20)17-10-12-6-3-4-7-13(12)19-9-5-8-18-19/h3-9H,10-11,16H2,1-2H3,(H,17,20). The number of nitrogens with zero attached hydrogens (tertiary/aromatic N) is 2. The maximum atomic E-state index is 12.1.